The molecule has 0 aliphatic heterocycles. The Bertz CT molecular complexity index is 1050. The molecule has 12 nitrogen and oxygen atoms in total. The second kappa shape index (κ2) is 32.2. The molecule has 1 amide bonds. The summed E-state index contributed by atoms with van der Waals surface area (Å²) in [6, 6.07) is 9.84. The first-order chi connectivity index (χ1) is 22.0. The fraction of sp³-hybridized carbons (Fsp3) is 0.622. The molecule has 1 aromatic rings. The molecule has 0 aliphatic carbocycles. The molecule has 0 heterocycles. The molecule has 4 atom stereocenters. The van der Waals surface area contributed by atoms with Gasteiger partial charge in [-0.05, 0) is 64.9 Å². The van der Waals surface area contributed by atoms with Crippen LogP contribution in [-0.4, -0.2) is 76.6 Å². The number of aliphatic hydroxyl groups is 1. The Balaban J connectivity index is -0.000000135. The van der Waals surface area contributed by atoms with Crippen LogP contribution in [0.25, 0.3) is 0 Å². The maximum atomic E-state index is 11.8. The second-order valence-corrected chi connectivity index (χ2v) is 12.6. The molecule has 0 spiro atoms. The maximum absolute atomic E-state index is 11.8. The van der Waals surface area contributed by atoms with E-state index in [9.17, 15) is 38.4 Å². The number of hydrogen-bond donors (Lipinski definition) is 4. The number of amides is 1. The van der Waals surface area contributed by atoms with E-state index in [1.165, 1.54) is 27.7 Å². The standard InChI is InChI=1S/C15H21NO2.3C7H12O3.CH4.B.H2/c1-11(9-12(2)17)10-15(18)16-13(3)14-7-5-4-6-8-14;1-5(8)3-7(10)4-6(2)9;2*1-5(3-6(2)8)4-7(9)10;;;/h4-8,11,13H,9-10H2,1-3H3,(H,16,18);7,10H,3-4H2,1-2H3;2*5H,3-4H2,1-2H3,(H,9,10);1H4;;1H/t11-,13?;;5-;;;;/m0.0..../s1/i;;;;;;1+1. The van der Waals surface area contributed by atoms with Crippen LogP contribution < -0.4 is 5.32 Å². The molecule has 4 N–H and O–H groups in total. The van der Waals surface area contributed by atoms with Crippen molar-refractivity contribution in [2.24, 2.45) is 17.8 Å². The smallest absolute Gasteiger partial charge is 0.303 e. The van der Waals surface area contributed by atoms with Gasteiger partial charge in [0.1, 0.15) is 28.9 Å². The number of aliphatic hydroxyl groups excluding tert-OH is 1. The van der Waals surface area contributed by atoms with Crippen molar-refractivity contribution < 1.29 is 55.1 Å². The van der Waals surface area contributed by atoms with Crippen LogP contribution in [0.4, 0.5) is 0 Å². The molecule has 285 valence electrons. The van der Waals surface area contributed by atoms with Crippen molar-refractivity contribution in [2.45, 2.75) is 133 Å². The maximum Gasteiger partial charge on any atom is 0.303 e. The van der Waals surface area contributed by atoms with Crippen molar-refractivity contribution in [3.8, 4) is 0 Å². The highest BCUT2D eigenvalue weighted by atomic mass is 16.4. The molecule has 0 saturated heterocycles. The van der Waals surface area contributed by atoms with Crippen LogP contribution in [0.2, 0.25) is 0 Å². The Morgan fingerprint density at radius 1 is 0.560 bits per heavy atom. The summed E-state index contributed by atoms with van der Waals surface area (Å²) in [4.78, 5) is 84.5. The Morgan fingerprint density at radius 3 is 1.14 bits per heavy atom. The molecule has 0 fully saturated rings. The van der Waals surface area contributed by atoms with Gasteiger partial charge in [0.25, 0.3) is 0 Å². The van der Waals surface area contributed by atoms with Gasteiger partial charge in [-0.15, -0.1) is 0 Å². The van der Waals surface area contributed by atoms with Crippen LogP contribution in [0, 0.1) is 17.8 Å². The Morgan fingerprint density at radius 2 is 0.860 bits per heavy atom. The molecule has 0 aromatic heterocycles. The van der Waals surface area contributed by atoms with E-state index in [-0.39, 0.29) is 102 Å². The van der Waals surface area contributed by atoms with Gasteiger partial charge >= 0.3 is 11.9 Å². The molecule has 0 saturated carbocycles. The van der Waals surface area contributed by atoms with Crippen molar-refractivity contribution in [3.05, 3.63) is 35.9 Å². The number of carboxylic acids is 2. The van der Waals surface area contributed by atoms with Gasteiger partial charge in [0.15, 0.2) is 0 Å². The van der Waals surface area contributed by atoms with Crippen LogP contribution >= 0.6 is 0 Å². The molecule has 1 aromatic carbocycles. The average Bonchev–Trinajstić information content (AvgIpc) is 2.86. The summed E-state index contributed by atoms with van der Waals surface area (Å²) >= 11 is 0. The number of nitrogens with one attached hydrogen (secondary N) is 1. The van der Waals surface area contributed by atoms with E-state index in [1.54, 1.807) is 20.8 Å². The van der Waals surface area contributed by atoms with Crippen LogP contribution in [-0.2, 0) is 38.4 Å². The number of benzene rings is 1. The van der Waals surface area contributed by atoms with E-state index in [2.05, 4.69) is 5.32 Å². The quantitative estimate of drug-likeness (QED) is 0.133. The summed E-state index contributed by atoms with van der Waals surface area (Å²) in [7, 11) is 0. The fourth-order valence-electron chi connectivity index (χ4n) is 4.46. The van der Waals surface area contributed by atoms with E-state index in [1.807, 2.05) is 44.2 Å². The molecule has 0 bridgehead atoms. The zero-order valence-corrected chi connectivity index (χ0v) is 30.6. The van der Waals surface area contributed by atoms with Gasteiger partial charge < -0.3 is 35.0 Å². The third-order valence-electron chi connectivity index (χ3n) is 6.21. The zero-order valence-electron chi connectivity index (χ0n) is 30.6. The molecule has 1 rings (SSSR count). The van der Waals surface area contributed by atoms with Crippen LogP contribution in [0.1, 0.15) is 134 Å². The number of hydrogen-bond acceptors (Lipinski definition) is 9. The SMILES string of the molecule is C.CC(=O)CC(C)CC(=O)O.CC(=O)CC(O)CC(C)=O.CC(=O)C[C@H](C)CC(=O)NC(C)c1ccccc1.CC(=O)C[C@H](C)CC(=O)O.[2HH].[B]. The lowest BCUT2D eigenvalue weighted by Crippen LogP contribution is -2.28. The van der Waals surface area contributed by atoms with Crippen molar-refractivity contribution in [2.75, 3.05) is 0 Å². The first kappa shape index (κ1) is 55.4. The molecular weight excluding hydrogens is 645 g/mol. The van der Waals surface area contributed by atoms with E-state index in [4.69, 9.17) is 15.3 Å². The van der Waals surface area contributed by atoms with Gasteiger partial charge in [-0.1, -0.05) is 58.5 Å². The first-order valence-corrected chi connectivity index (χ1v) is 16.0. The molecule has 50 heavy (non-hydrogen) atoms. The van der Waals surface area contributed by atoms with Gasteiger partial charge in [-0.2, -0.15) is 0 Å². The summed E-state index contributed by atoms with van der Waals surface area (Å²) in [5.41, 5.74) is 1.09. The highest BCUT2D eigenvalue weighted by molar-refractivity contribution is 5.80. The van der Waals surface area contributed by atoms with Crippen LogP contribution in [0.5, 0.6) is 0 Å². The van der Waals surface area contributed by atoms with Gasteiger partial charge in [-0.3, -0.25) is 24.0 Å². The summed E-state index contributed by atoms with van der Waals surface area (Å²) < 4.78 is 0. The monoisotopic (exact) mass is 709 g/mol. The van der Waals surface area contributed by atoms with Crippen molar-refractivity contribution >= 4 is 55.2 Å². The highest BCUT2D eigenvalue weighted by Crippen LogP contribution is 2.13. The van der Waals surface area contributed by atoms with Crippen LogP contribution in [0.3, 0.4) is 0 Å². The summed E-state index contributed by atoms with van der Waals surface area (Å²) in [6.45, 7) is 14.7. The summed E-state index contributed by atoms with van der Waals surface area (Å²) in [6.07, 6.45) is 1.15. The number of rotatable bonds is 18. The fourth-order valence-corrected chi connectivity index (χ4v) is 4.46. The van der Waals surface area contributed by atoms with E-state index >= 15 is 0 Å². The average molecular weight is 710 g/mol. The molecular formula is C37H63BNO11. The lowest BCUT2D eigenvalue weighted by molar-refractivity contribution is -0.139. The normalized spacial score (nSPS) is 12.0. The number of carbonyl (C=O) groups is 8. The first-order valence-electron chi connectivity index (χ1n) is 16.0. The highest BCUT2D eigenvalue weighted by Gasteiger charge is 2.14. The largest absolute Gasteiger partial charge is 0.481 e. The lowest BCUT2D eigenvalue weighted by Gasteiger charge is -2.16. The predicted octanol–water partition coefficient (Wildman–Crippen LogP) is 5.83. The van der Waals surface area contributed by atoms with E-state index < -0.39 is 18.0 Å². The minimum absolute atomic E-state index is 0. The Labute approximate surface area is 302 Å². The van der Waals surface area contributed by atoms with Crippen molar-refractivity contribution in [1.29, 1.82) is 0 Å². The van der Waals surface area contributed by atoms with E-state index in [0.29, 0.717) is 25.7 Å². The molecule has 3 radical (unpaired) electrons. The number of Topliss-reactive ketones (excluding diaryl/α,β-unsaturated/α-hetero) is 5. The minimum Gasteiger partial charge on any atom is -0.481 e. The summed E-state index contributed by atoms with van der Waals surface area (Å²) in [5, 5.41) is 28.5. The van der Waals surface area contributed by atoms with Crippen molar-refractivity contribution in [1.82, 2.24) is 5.32 Å². The third kappa shape index (κ3) is 42.0. The third-order valence-corrected chi connectivity index (χ3v) is 6.21. The zero-order chi connectivity index (χ0) is 38.0. The van der Waals surface area contributed by atoms with Crippen molar-refractivity contribution in [3.63, 3.8) is 0 Å². The topological polar surface area (TPSA) is 209 Å². The number of carboxylic acid groups (broad SMARTS) is 2. The van der Waals surface area contributed by atoms with Crippen LogP contribution in [0.15, 0.2) is 30.3 Å². The molecule has 13 heteroatoms. The van der Waals surface area contributed by atoms with Gasteiger partial charge in [0.2, 0.25) is 5.91 Å². The van der Waals surface area contributed by atoms with Gasteiger partial charge in [0.05, 0.1) is 12.1 Å². The lowest BCUT2D eigenvalue weighted by atomic mass is 10.0. The summed E-state index contributed by atoms with van der Waals surface area (Å²) in [5.74, 6) is -1.59. The van der Waals surface area contributed by atoms with Gasteiger partial charge in [0, 0.05) is 61.2 Å². The van der Waals surface area contributed by atoms with Gasteiger partial charge in [-0.25, -0.2) is 0 Å². The Hall–Kier alpha value is -4.00. The predicted molar refractivity (Wildman–Crippen MR) is 197 cm³/mol. The molecule has 0 aliphatic rings. The number of ketones is 5. The van der Waals surface area contributed by atoms with E-state index in [0.717, 1.165) is 5.56 Å². The second-order valence-electron chi connectivity index (χ2n) is 12.6. The molecule has 2 unspecified atom stereocenters. The minimum atomic E-state index is -0.839. The number of aliphatic carboxylic acids is 2. The Kier molecular flexibility index (Phi) is 35.7. The number of carbonyl (C=O) groups excluding carboxylic acids is 6.